The van der Waals surface area contributed by atoms with E-state index in [9.17, 15) is 4.79 Å². The number of hydrogen-bond acceptors (Lipinski definition) is 2. The van der Waals surface area contributed by atoms with Crippen LogP contribution in [0.1, 0.15) is 33.1 Å². The van der Waals surface area contributed by atoms with Crippen LogP contribution in [0.25, 0.3) is 0 Å². The molecule has 0 spiro atoms. The average molecular weight is 242 g/mol. The molecule has 0 fully saturated rings. The van der Waals surface area contributed by atoms with Crippen molar-refractivity contribution in [3.63, 3.8) is 0 Å². The molecule has 3 nitrogen and oxygen atoms in total. The molecular weight excluding hydrogens is 224 g/mol. The van der Waals surface area contributed by atoms with Gasteiger partial charge in [0.15, 0.2) is 6.29 Å². The van der Waals surface area contributed by atoms with Gasteiger partial charge in [0.25, 0.3) is 0 Å². The summed E-state index contributed by atoms with van der Waals surface area (Å²) < 4.78 is 2.00. The molecule has 1 heterocycles. The molecule has 3 heteroatoms. The minimum absolute atomic E-state index is 0.572. The van der Waals surface area contributed by atoms with E-state index >= 15 is 0 Å². The summed E-state index contributed by atoms with van der Waals surface area (Å²) in [5, 5.41) is 0. The standard InChI is InChI=1S/C15H18N2O/c1-11-5-4-6-13(9-11)7-8-15-14(10-18)16-12(2)17(15)3/h4-6,9-10H,7-8H2,1-3H3. The predicted octanol–water partition coefficient (Wildman–Crippen LogP) is 2.63. The number of carbonyl (C=O) groups excluding carboxylic acids is 1. The first-order valence-corrected chi connectivity index (χ1v) is 6.14. The molecule has 0 N–H and O–H groups in total. The van der Waals surface area contributed by atoms with Crippen LogP contribution in [0.2, 0.25) is 0 Å². The van der Waals surface area contributed by atoms with Crippen molar-refractivity contribution in [2.45, 2.75) is 26.7 Å². The van der Waals surface area contributed by atoms with E-state index < -0.39 is 0 Å². The van der Waals surface area contributed by atoms with Crippen molar-refractivity contribution in [2.24, 2.45) is 7.05 Å². The molecule has 0 radical (unpaired) electrons. The number of rotatable bonds is 4. The molecule has 0 bridgehead atoms. The van der Waals surface area contributed by atoms with Gasteiger partial charge in [-0.05, 0) is 32.3 Å². The zero-order valence-electron chi connectivity index (χ0n) is 11.1. The van der Waals surface area contributed by atoms with Crippen LogP contribution in [0.3, 0.4) is 0 Å². The van der Waals surface area contributed by atoms with Gasteiger partial charge in [-0.3, -0.25) is 4.79 Å². The molecule has 94 valence electrons. The summed E-state index contributed by atoms with van der Waals surface area (Å²) >= 11 is 0. The third kappa shape index (κ3) is 2.50. The van der Waals surface area contributed by atoms with Gasteiger partial charge in [0, 0.05) is 12.7 Å². The molecule has 0 saturated carbocycles. The number of aromatic nitrogens is 2. The monoisotopic (exact) mass is 242 g/mol. The summed E-state index contributed by atoms with van der Waals surface area (Å²) in [7, 11) is 1.96. The van der Waals surface area contributed by atoms with Crippen molar-refractivity contribution in [1.29, 1.82) is 0 Å². The Hall–Kier alpha value is -1.90. The molecule has 0 amide bonds. The predicted molar refractivity (Wildman–Crippen MR) is 71.9 cm³/mol. The van der Waals surface area contributed by atoms with Crippen molar-refractivity contribution in [1.82, 2.24) is 9.55 Å². The molecule has 2 rings (SSSR count). The van der Waals surface area contributed by atoms with Crippen LogP contribution in [0.15, 0.2) is 24.3 Å². The fourth-order valence-corrected chi connectivity index (χ4v) is 2.20. The lowest BCUT2D eigenvalue weighted by Crippen LogP contribution is -2.02. The molecule has 0 aliphatic carbocycles. The van der Waals surface area contributed by atoms with E-state index in [-0.39, 0.29) is 0 Å². The molecule has 0 atom stereocenters. The molecule has 18 heavy (non-hydrogen) atoms. The van der Waals surface area contributed by atoms with Crippen molar-refractivity contribution in [3.05, 3.63) is 52.6 Å². The molecule has 1 aromatic carbocycles. The number of aryl methyl sites for hydroxylation is 3. The quantitative estimate of drug-likeness (QED) is 0.772. The van der Waals surface area contributed by atoms with Gasteiger partial charge in [-0.15, -0.1) is 0 Å². The van der Waals surface area contributed by atoms with E-state index in [0.717, 1.165) is 30.6 Å². The Balaban J connectivity index is 2.17. The smallest absolute Gasteiger partial charge is 0.170 e. The van der Waals surface area contributed by atoms with Gasteiger partial charge < -0.3 is 4.57 Å². The number of hydrogen-bond donors (Lipinski definition) is 0. The third-order valence-corrected chi connectivity index (χ3v) is 3.31. The summed E-state index contributed by atoms with van der Waals surface area (Å²) in [5.74, 6) is 0.886. The van der Waals surface area contributed by atoms with Crippen LogP contribution in [-0.2, 0) is 19.9 Å². The Kier molecular flexibility index (Phi) is 3.60. The van der Waals surface area contributed by atoms with Crippen molar-refractivity contribution in [2.75, 3.05) is 0 Å². The van der Waals surface area contributed by atoms with Crippen LogP contribution < -0.4 is 0 Å². The molecule has 0 unspecified atom stereocenters. The Morgan fingerprint density at radius 1 is 1.28 bits per heavy atom. The second-order valence-corrected chi connectivity index (χ2v) is 4.66. The highest BCUT2D eigenvalue weighted by atomic mass is 16.1. The fourth-order valence-electron chi connectivity index (χ4n) is 2.20. The lowest BCUT2D eigenvalue weighted by Gasteiger charge is -2.05. The molecule has 0 aliphatic heterocycles. The fraction of sp³-hybridized carbons (Fsp3) is 0.333. The van der Waals surface area contributed by atoms with Crippen LogP contribution in [0.4, 0.5) is 0 Å². The number of nitrogens with zero attached hydrogens (tertiary/aromatic N) is 2. The Morgan fingerprint density at radius 3 is 2.72 bits per heavy atom. The van der Waals surface area contributed by atoms with E-state index in [2.05, 4.69) is 36.2 Å². The van der Waals surface area contributed by atoms with Gasteiger partial charge in [0.05, 0.1) is 0 Å². The lowest BCUT2D eigenvalue weighted by molar-refractivity contribution is 0.111. The Labute approximate surface area is 107 Å². The summed E-state index contributed by atoms with van der Waals surface area (Å²) in [6, 6.07) is 8.47. The molecule has 0 saturated heterocycles. The summed E-state index contributed by atoms with van der Waals surface area (Å²) in [5.41, 5.74) is 4.15. The Bertz CT molecular complexity index is 570. The van der Waals surface area contributed by atoms with E-state index in [1.807, 2.05) is 18.5 Å². The maximum absolute atomic E-state index is 11.0. The SMILES string of the molecule is Cc1cccc(CCc2c(C=O)nc(C)n2C)c1. The topological polar surface area (TPSA) is 34.9 Å². The molecule has 1 aromatic heterocycles. The van der Waals surface area contributed by atoms with Gasteiger partial charge in [0.1, 0.15) is 11.5 Å². The first kappa shape index (κ1) is 12.6. The van der Waals surface area contributed by atoms with Gasteiger partial charge in [-0.2, -0.15) is 0 Å². The van der Waals surface area contributed by atoms with Crippen LogP contribution in [-0.4, -0.2) is 15.8 Å². The van der Waals surface area contributed by atoms with Gasteiger partial charge in [-0.25, -0.2) is 4.98 Å². The second kappa shape index (κ2) is 5.17. The molecule has 2 aromatic rings. The summed E-state index contributed by atoms with van der Waals surface area (Å²) in [6.45, 7) is 4.01. The van der Waals surface area contributed by atoms with E-state index in [1.54, 1.807) is 0 Å². The maximum Gasteiger partial charge on any atom is 0.170 e. The highest BCUT2D eigenvalue weighted by Crippen LogP contribution is 2.13. The Morgan fingerprint density at radius 2 is 2.06 bits per heavy atom. The summed E-state index contributed by atoms with van der Waals surface area (Å²) in [6.07, 6.45) is 2.62. The highest BCUT2D eigenvalue weighted by molar-refractivity contribution is 5.73. The average Bonchev–Trinajstić information content (AvgIpc) is 2.63. The van der Waals surface area contributed by atoms with Gasteiger partial charge in [0.2, 0.25) is 0 Å². The van der Waals surface area contributed by atoms with Crippen molar-refractivity contribution in [3.8, 4) is 0 Å². The third-order valence-electron chi connectivity index (χ3n) is 3.31. The van der Waals surface area contributed by atoms with Crippen LogP contribution in [0, 0.1) is 13.8 Å². The highest BCUT2D eigenvalue weighted by Gasteiger charge is 2.11. The largest absolute Gasteiger partial charge is 0.335 e. The normalized spacial score (nSPS) is 10.6. The number of benzene rings is 1. The lowest BCUT2D eigenvalue weighted by atomic mass is 10.1. The number of aldehydes is 1. The first-order chi connectivity index (χ1) is 8.61. The van der Waals surface area contributed by atoms with Gasteiger partial charge in [-0.1, -0.05) is 29.8 Å². The number of carbonyl (C=O) groups is 1. The van der Waals surface area contributed by atoms with E-state index in [1.165, 1.54) is 11.1 Å². The van der Waals surface area contributed by atoms with Crippen LogP contribution >= 0.6 is 0 Å². The molecular formula is C15H18N2O. The second-order valence-electron chi connectivity index (χ2n) is 4.66. The zero-order chi connectivity index (χ0) is 13.1. The minimum Gasteiger partial charge on any atom is -0.335 e. The van der Waals surface area contributed by atoms with Gasteiger partial charge >= 0.3 is 0 Å². The van der Waals surface area contributed by atoms with E-state index in [0.29, 0.717) is 5.69 Å². The minimum atomic E-state index is 0.572. The van der Waals surface area contributed by atoms with Crippen molar-refractivity contribution >= 4 is 6.29 Å². The summed E-state index contributed by atoms with van der Waals surface area (Å²) in [4.78, 5) is 15.2. The number of imidazole rings is 1. The first-order valence-electron chi connectivity index (χ1n) is 6.14. The van der Waals surface area contributed by atoms with Crippen molar-refractivity contribution < 1.29 is 4.79 Å². The zero-order valence-corrected chi connectivity index (χ0v) is 11.1. The van der Waals surface area contributed by atoms with E-state index in [4.69, 9.17) is 0 Å². The molecule has 0 aliphatic rings. The maximum atomic E-state index is 11.0. The van der Waals surface area contributed by atoms with Crippen LogP contribution in [0.5, 0.6) is 0 Å².